The predicted octanol–water partition coefficient (Wildman–Crippen LogP) is 0.210. The maximum Gasteiger partial charge on any atom is 0.339 e. The van der Waals surface area contributed by atoms with Gasteiger partial charge in [0.2, 0.25) is 5.95 Å². The second-order valence-electron chi connectivity index (χ2n) is 5.07. The number of hydrogen-bond donors (Lipinski definition) is 1. The SMILES string of the molecule is COC(=O)c1ccccc1S(=O)(=O)NC(=O)N(C)c1nc(OC)nc(OC)n1. The predicted molar refractivity (Wildman–Crippen MR) is 94.8 cm³/mol. The maximum absolute atomic E-state index is 12.6. The van der Waals surface area contributed by atoms with Crippen LogP contribution in [0.25, 0.3) is 0 Å². The molecule has 0 bridgehead atoms. The molecule has 0 fully saturated rings. The van der Waals surface area contributed by atoms with Crippen LogP contribution < -0.4 is 19.1 Å². The molecule has 0 atom stereocenters. The molecule has 0 aliphatic rings. The zero-order chi connectivity index (χ0) is 20.9. The van der Waals surface area contributed by atoms with Gasteiger partial charge in [-0.1, -0.05) is 12.1 Å². The van der Waals surface area contributed by atoms with Crippen LogP contribution in [-0.2, 0) is 14.8 Å². The second kappa shape index (κ2) is 8.47. The number of anilines is 1. The zero-order valence-electron chi connectivity index (χ0n) is 15.4. The molecule has 0 spiro atoms. The number of aromatic nitrogens is 3. The molecule has 2 amide bonds. The smallest absolute Gasteiger partial charge is 0.339 e. The fourth-order valence-electron chi connectivity index (χ4n) is 1.97. The number of amides is 2. The Bertz CT molecular complexity index is 974. The normalized spacial score (nSPS) is 10.7. The number of methoxy groups -OCH3 is 3. The monoisotopic (exact) mass is 411 g/mol. The zero-order valence-corrected chi connectivity index (χ0v) is 16.2. The molecule has 1 heterocycles. The fourth-order valence-corrected chi connectivity index (χ4v) is 3.14. The van der Waals surface area contributed by atoms with Crippen molar-refractivity contribution in [2.75, 3.05) is 33.3 Å². The first-order chi connectivity index (χ1) is 13.2. The molecular formula is C15H17N5O7S. The van der Waals surface area contributed by atoms with Gasteiger partial charge in [-0.15, -0.1) is 4.98 Å². The third-order valence-corrected chi connectivity index (χ3v) is 4.73. The van der Waals surface area contributed by atoms with E-state index >= 15 is 0 Å². The van der Waals surface area contributed by atoms with Crippen LogP contribution in [0.4, 0.5) is 10.7 Å². The molecule has 0 unspecified atom stereocenters. The Labute approximate surface area is 160 Å². The summed E-state index contributed by atoms with van der Waals surface area (Å²) in [7, 11) is 0.530. The Kier molecular flexibility index (Phi) is 6.30. The molecule has 2 rings (SSSR count). The molecule has 1 N–H and O–H groups in total. The lowest BCUT2D eigenvalue weighted by Crippen LogP contribution is -2.42. The van der Waals surface area contributed by atoms with Gasteiger partial charge in [0.1, 0.15) is 4.90 Å². The van der Waals surface area contributed by atoms with E-state index in [0.29, 0.717) is 0 Å². The number of carbonyl (C=O) groups is 2. The lowest BCUT2D eigenvalue weighted by atomic mass is 10.2. The molecule has 0 saturated heterocycles. The van der Waals surface area contributed by atoms with Crippen molar-refractivity contribution in [1.82, 2.24) is 19.7 Å². The van der Waals surface area contributed by atoms with Crippen LogP contribution in [0.2, 0.25) is 0 Å². The highest BCUT2D eigenvalue weighted by Gasteiger charge is 2.27. The molecule has 0 saturated carbocycles. The topological polar surface area (TPSA) is 150 Å². The van der Waals surface area contributed by atoms with Crippen LogP contribution in [0.5, 0.6) is 12.0 Å². The second-order valence-corrected chi connectivity index (χ2v) is 6.72. The summed E-state index contributed by atoms with van der Waals surface area (Å²) < 4.78 is 41.4. The summed E-state index contributed by atoms with van der Waals surface area (Å²) in [5, 5.41) is 0. The number of hydrogen-bond acceptors (Lipinski definition) is 10. The molecule has 1 aromatic carbocycles. The van der Waals surface area contributed by atoms with Crippen molar-refractivity contribution in [1.29, 1.82) is 0 Å². The minimum absolute atomic E-state index is 0.139. The fraction of sp³-hybridized carbons (Fsp3) is 0.267. The van der Waals surface area contributed by atoms with Gasteiger partial charge in [0.15, 0.2) is 0 Å². The van der Waals surface area contributed by atoms with E-state index in [-0.39, 0.29) is 23.5 Å². The van der Waals surface area contributed by atoms with Crippen LogP contribution >= 0.6 is 0 Å². The van der Waals surface area contributed by atoms with Gasteiger partial charge in [0.25, 0.3) is 10.0 Å². The van der Waals surface area contributed by atoms with Gasteiger partial charge in [-0.05, 0) is 12.1 Å². The minimum Gasteiger partial charge on any atom is -0.467 e. The van der Waals surface area contributed by atoms with Gasteiger partial charge in [-0.3, -0.25) is 4.90 Å². The molecule has 0 radical (unpaired) electrons. The summed E-state index contributed by atoms with van der Waals surface area (Å²) in [5.41, 5.74) is -0.226. The van der Waals surface area contributed by atoms with E-state index in [4.69, 9.17) is 9.47 Å². The Morgan fingerprint density at radius 1 is 1.00 bits per heavy atom. The van der Waals surface area contributed by atoms with Gasteiger partial charge in [0.05, 0.1) is 26.9 Å². The van der Waals surface area contributed by atoms with E-state index in [0.717, 1.165) is 18.1 Å². The summed E-state index contributed by atoms with van der Waals surface area (Å²) in [6.45, 7) is 0. The lowest BCUT2D eigenvalue weighted by Gasteiger charge is -2.17. The van der Waals surface area contributed by atoms with Gasteiger partial charge >= 0.3 is 24.0 Å². The molecule has 0 aliphatic carbocycles. The van der Waals surface area contributed by atoms with Crippen molar-refractivity contribution in [2.45, 2.75) is 4.90 Å². The number of urea groups is 1. The number of carbonyl (C=O) groups excluding carboxylic acids is 2. The highest BCUT2D eigenvalue weighted by molar-refractivity contribution is 7.90. The summed E-state index contributed by atoms with van der Waals surface area (Å²) >= 11 is 0. The average molecular weight is 411 g/mol. The van der Waals surface area contributed by atoms with Gasteiger partial charge in [-0.25, -0.2) is 22.7 Å². The van der Waals surface area contributed by atoms with Crippen LogP contribution in [-0.4, -0.2) is 63.7 Å². The molecule has 150 valence electrons. The molecule has 2 aromatic rings. The van der Waals surface area contributed by atoms with Crippen LogP contribution in [0.15, 0.2) is 29.2 Å². The van der Waals surface area contributed by atoms with Gasteiger partial charge in [0, 0.05) is 7.05 Å². The summed E-state index contributed by atoms with van der Waals surface area (Å²) in [6, 6.07) is 3.92. The lowest BCUT2D eigenvalue weighted by molar-refractivity contribution is 0.0596. The number of nitrogens with one attached hydrogen (secondary N) is 1. The van der Waals surface area contributed by atoms with Crippen LogP contribution in [0.1, 0.15) is 10.4 Å². The molecule has 13 heteroatoms. The first kappa shape index (κ1) is 20.8. The summed E-state index contributed by atoms with van der Waals surface area (Å²) in [5.74, 6) is -1.09. The van der Waals surface area contributed by atoms with Gasteiger partial charge < -0.3 is 14.2 Å². The van der Waals surface area contributed by atoms with Crippen molar-refractivity contribution >= 4 is 28.0 Å². The number of benzene rings is 1. The molecule has 12 nitrogen and oxygen atoms in total. The molecule has 1 aromatic heterocycles. The van der Waals surface area contributed by atoms with Crippen molar-refractivity contribution in [3.05, 3.63) is 29.8 Å². The van der Waals surface area contributed by atoms with Gasteiger partial charge in [-0.2, -0.15) is 9.97 Å². The Morgan fingerprint density at radius 3 is 2.11 bits per heavy atom. The quantitative estimate of drug-likeness (QED) is 0.653. The van der Waals surface area contributed by atoms with Crippen LogP contribution in [0, 0.1) is 0 Å². The van der Waals surface area contributed by atoms with Crippen molar-refractivity contribution in [3.8, 4) is 12.0 Å². The van der Waals surface area contributed by atoms with E-state index in [2.05, 4.69) is 19.7 Å². The highest BCUT2D eigenvalue weighted by atomic mass is 32.2. The van der Waals surface area contributed by atoms with Crippen molar-refractivity contribution in [3.63, 3.8) is 0 Å². The van der Waals surface area contributed by atoms with E-state index in [1.165, 1.54) is 39.5 Å². The Hall–Kier alpha value is -3.48. The van der Waals surface area contributed by atoms with E-state index in [9.17, 15) is 18.0 Å². The molecule has 28 heavy (non-hydrogen) atoms. The van der Waals surface area contributed by atoms with Crippen molar-refractivity contribution in [2.24, 2.45) is 0 Å². The average Bonchev–Trinajstić information content (AvgIpc) is 2.71. The number of rotatable bonds is 6. The Balaban J connectivity index is 2.33. The van der Waals surface area contributed by atoms with Crippen LogP contribution in [0.3, 0.4) is 0 Å². The van der Waals surface area contributed by atoms with Crippen molar-refractivity contribution < 1.29 is 32.2 Å². The van der Waals surface area contributed by atoms with E-state index in [1.54, 1.807) is 0 Å². The minimum atomic E-state index is -4.41. The van der Waals surface area contributed by atoms with E-state index in [1.807, 2.05) is 4.72 Å². The number of sulfonamides is 1. The standard InChI is InChI=1S/C15H17N5O7S/c1-20(12-16-13(26-3)18-14(17-12)27-4)15(22)19-28(23,24)10-8-6-5-7-9(10)11(21)25-2/h5-8H,1-4H3,(H,19,22). The van der Waals surface area contributed by atoms with E-state index < -0.39 is 26.9 Å². The summed E-state index contributed by atoms with van der Waals surface area (Å²) in [4.78, 5) is 36.1. The summed E-state index contributed by atoms with van der Waals surface area (Å²) in [6.07, 6.45) is 0. The number of nitrogens with zero attached hydrogens (tertiary/aromatic N) is 4. The number of ether oxygens (including phenoxy) is 3. The first-order valence-electron chi connectivity index (χ1n) is 7.55. The molecular weight excluding hydrogens is 394 g/mol. The Morgan fingerprint density at radius 2 is 1.57 bits per heavy atom. The maximum atomic E-state index is 12.6. The largest absolute Gasteiger partial charge is 0.467 e. The molecule has 0 aliphatic heterocycles. The third-order valence-electron chi connectivity index (χ3n) is 3.36. The number of esters is 1. The highest BCUT2D eigenvalue weighted by Crippen LogP contribution is 2.18. The first-order valence-corrected chi connectivity index (χ1v) is 9.03. The third kappa shape index (κ3) is 4.43.